The van der Waals surface area contributed by atoms with Crippen LogP contribution in [0.1, 0.15) is 45.4 Å². The van der Waals surface area contributed by atoms with Gasteiger partial charge < -0.3 is 4.52 Å². The summed E-state index contributed by atoms with van der Waals surface area (Å²) in [5, 5.41) is 4.37. The second kappa shape index (κ2) is 5.47. The second-order valence-electron chi connectivity index (χ2n) is 5.18. The summed E-state index contributed by atoms with van der Waals surface area (Å²) >= 11 is 1.03. The van der Waals surface area contributed by atoms with Gasteiger partial charge in [-0.2, -0.15) is 0 Å². The van der Waals surface area contributed by atoms with Crippen molar-refractivity contribution in [1.29, 1.82) is 0 Å². The molecule has 2 heterocycles. The highest BCUT2D eigenvalue weighted by molar-refractivity contribution is 7.92. The first-order chi connectivity index (χ1) is 10.4. The SMILES string of the molecule is Cc1nc(C)c(S(=O)(=O)NC(=O)c2noc3c2CCCC3)s1. The molecule has 0 fully saturated rings. The van der Waals surface area contributed by atoms with Gasteiger partial charge in [0.25, 0.3) is 15.9 Å². The van der Waals surface area contributed by atoms with Crippen molar-refractivity contribution in [2.75, 3.05) is 0 Å². The summed E-state index contributed by atoms with van der Waals surface area (Å²) < 4.78 is 31.9. The van der Waals surface area contributed by atoms with E-state index in [1.807, 2.05) is 0 Å². The lowest BCUT2D eigenvalue weighted by Crippen LogP contribution is -2.31. The molecule has 1 aliphatic carbocycles. The number of hydrogen-bond acceptors (Lipinski definition) is 7. The molecule has 22 heavy (non-hydrogen) atoms. The minimum atomic E-state index is -3.95. The molecule has 0 saturated carbocycles. The minimum Gasteiger partial charge on any atom is -0.360 e. The maximum absolute atomic E-state index is 12.3. The van der Waals surface area contributed by atoms with Crippen molar-refractivity contribution >= 4 is 27.3 Å². The van der Waals surface area contributed by atoms with E-state index in [4.69, 9.17) is 4.52 Å². The molecule has 0 atom stereocenters. The quantitative estimate of drug-likeness (QED) is 0.912. The largest absolute Gasteiger partial charge is 0.360 e. The van der Waals surface area contributed by atoms with Gasteiger partial charge in [-0.25, -0.2) is 18.1 Å². The fraction of sp³-hybridized carbons (Fsp3) is 0.462. The van der Waals surface area contributed by atoms with E-state index in [-0.39, 0.29) is 9.90 Å². The third-order valence-corrected chi connectivity index (χ3v) is 6.51. The van der Waals surface area contributed by atoms with Crippen molar-refractivity contribution in [3.63, 3.8) is 0 Å². The standard InChI is InChI=1S/C13H15N3O4S2/c1-7-13(21-8(2)14-7)22(18,19)16-12(17)11-9-5-3-4-6-10(9)20-15-11/h3-6H2,1-2H3,(H,16,17). The first-order valence-corrected chi connectivity index (χ1v) is 9.17. The Morgan fingerprint density at radius 2 is 2.00 bits per heavy atom. The lowest BCUT2D eigenvalue weighted by Gasteiger charge is -2.09. The Kier molecular flexibility index (Phi) is 3.77. The van der Waals surface area contributed by atoms with Crippen LogP contribution < -0.4 is 4.72 Å². The molecular weight excluding hydrogens is 326 g/mol. The molecule has 0 bridgehead atoms. The zero-order chi connectivity index (χ0) is 15.9. The molecule has 0 radical (unpaired) electrons. The van der Waals surface area contributed by atoms with Gasteiger partial charge in [0.05, 0.1) is 10.7 Å². The van der Waals surface area contributed by atoms with E-state index in [2.05, 4.69) is 14.9 Å². The van der Waals surface area contributed by atoms with Crippen LogP contribution in [0.5, 0.6) is 0 Å². The summed E-state index contributed by atoms with van der Waals surface area (Å²) in [5.41, 5.74) is 1.17. The maximum Gasteiger partial charge on any atom is 0.287 e. The number of hydrogen-bond donors (Lipinski definition) is 1. The molecule has 7 nitrogen and oxygen atoms in total. The number of fused-ring (bicyclic) bond motifs is 1. The van der Waals surface area contributed by atoms with Crippen LogP contribution in [0.4, 0.5) is 0 Å². The Morgan fingerprint density at radius 1 is 1.27 bits per heavy atom. The molecule has 0 aliphatic heterocycles. The van der Waals surface area contributed by atoms with Crippen LogP contribution in [0.3, 0.4) is 0 Å². The van der Waals surface area contributed by atoms with Gasteiger partial charge in [-0.05, 0) is 33.1 Å². The number of aromatic nitrogens is 2. The lowest BCUT2D eigenvalue weighted by atomic mass is 9.96. The van der Waals surface area contributed by atoms with Gasteiger partial charge in [0, 0.05) is 12.0 Å². The van der Waals surface area contributed by atoms with Gasteiger partial charge in [0.1, 0.15) is 5.76 Å². The lowest BCUT2D eigenvalue weighted by molar-refractivity contribution is 0.0972. The van der Waals surface area contributed by atoms with Crippen molar-refractivity contribution in [3.05, 3.63) is 27.7 Å². The second-order valence-corrected chi connectivity index (χ2v) is 8.26. The maximum atomic E-state index is 12.3. The van der Waals surface area contributed by atoms with Crippen LogP contribution in [-0.4, -0.2) is 24.5 Å². The van der Waals surface area contributed by atoms with E-state index >= 15 is 0 Å². The minimum absolute atomic E-state index is 0.0516. The number of carbonyl (C=O) groups excluding carboxylic acids is 1. The zero-order valence-electron chi connectivity index (χ0n) is 12.2. The van der Waals surface area contributed by atoms with E-state index in [1.165, 1.54) is 0 Å². The molecule has 0 aromatic carbocycles. The van der Waals surface area contributed by atoms with Crippen molar-refractivity contribution < 1.29 is 17.7 Å². The summed E-state index contributed by atoms with van der Waals surface area (Å²) in [4.78, 5) is 16.3. The van der Waals surface area contributed by atoms with Crippen LogP contribution in [0.2, 0.25) is 0 Å². The third kappa shape index (κ3) is 2.66. The first kappa shape index (κ1) is 15.2. The monoisotopic (exact) mass is 341 g/mol. The molecule has 2 aromatic rings. The predicted molar refractivity (Wildman–Crippen MR) is 79.4 cm³/mol. The smallest absolute Gasteiger partial charge is 0.287 e. The Balaban J connectivity index is 1.88. The average Bonchev–Trinajstić information content (AvgIpc) is 3.01. The number of nitrogens with one attached hydrogen (secondary N) is 1. The highest BCUT2D eigenvalue weighted by Crippen LogP contribution is 2.26. The summed E-state index contributed by atoms with van der Waals surface area (Å²) in [6.45, 7) is 3.31. The highest BCUT2D eigenvalue weighted by atomic mass is 32.2. The molecule has 1 N–H and O–H groups in total. The number of nitrogens with zero attached hydrogens (tertiary/aromatic N) is 2. The Bertz CT molecular complexity index is 836. The van der Waals surface area contributed by atoms with Crippen LogP contribution >= 0.6 is 11.3 Å². The third-order valence-electron chi connectivity index (χ3n) is 3.50. The Morgan fingerprint density at radius 3 is 2.68 bits per heavy atom. The van der Waals surface area contributed by atoms with Crippen LogP contribution in [-0.2, 0) is 22.9 Å². The van der Waals surface area contributed by atoms with E-state index < -0.39 is 15.9 Å². The van der Waals surface area contributed by atoms with Crippen LogP contribution in [0.25, 0.3) is 0 Å². The van der Waals surface area contributed by atoms with E-state index in [0.29, 0.717) is 22.9 Å². The van der Waals surface area contributed by atoms with Crippen LogP contribution in [0, 0.1) is 13.8 Å². The van der Waals surface area contributed by atoms with E-state index in [0.717, 1.165) is 36.2 Å². The number of amides is 1. The average molecular weight is 341 g/mol. The molecule has 0 unspecified atom stereocenters. The zero-order valence-corrected chi connectivity index (χ0v) is 13.8. The number of sulfonamides is 1. The van der Waals surface area contributed by atoms with Gasteiger partial charge in [0.15, 0.2) is 9.90 Å². The molecule has 1 amide bonds. The van der Waals surface area contributed by atoms with E-state index in [1.54, 1.807) is 13.8 Å². The predicted octanol–water partition coefficient (Wildman–Crippen LogP) is 1.75. The number of carbonyl (C=O) groups is 1. The molecule has 0 spiro atoms. The number of rotatable bonds is 3. The molecule has 9 heteroatoms. The number of aryl methyl sites for hydroxylation is 3. The molecule has 0 saturated heterocycles. The Hall–Kier alpha value is -1.74. The van der Waals surface area contributed by atoms with Crippen molar-refractivity contribution in [1.82, 2.24) is 14.9 Å². The fourth-order valence-electron chi connectivity index (χ4n) is 2.54. The summed E-state index contributed by atoms with van der Waals surface area (Å²) in [7, 11) is -3.95. The summed E-state index contributed by atoms with van der Waals surface area (Å²) in [6, 6.07) is 0. The van der Waals surface area contributed by atoms with Crippen LogP contribution in [0.15, 0.2) is 8.73 Å². The molecule has 3 rings (SSSR count). The summed E-state index contributed by atoms with van der Waals surface area (Å²) in [5.74, 6) is -0.0732. The molecule has 2 aromatic heterocycles. The van der Waals surface area contributed by atoms with E-state index in [9.17, 15) is 13.2 Å². The summed E-state index contributed by atoms with van der Waals surface area (Å²) in [6.07, 6.45) is 3.34. The molecule has 118 valence electrons. The number of thiazole rings is 1. The molecular formula is C13H15N3O4S2. The first-order valence-electron chi connectivity index (χ1n) is 6.87. The van der Waals surface area contributed by atoms with Gasteiger partial charge in [0.2, 0.25) is 0 Å². The van der Waals surface area contributed by atoms with Crippen molar-refractivity contribution in [3.8, 4) is 0 Å². The topological polar surface area (TPSA) is 102 Å². The fourth-order valence-corrected chi connectivity index (χ4v) is 4.98. The molecule has 1 aliphatic rings. The normalized spacial score (nSPS) is 14.6. The van der Waals surface area contributed by atoms with Crippen molar-refractivity contribution in [2.45, 2.75) is 43.7 Å². The van der Waals surface area contributed by atoms with Gasteiger partial charge in [-0.3, -0.25) is 4.79 Å². The van der Waals surface area contributed by atoms with Crippen molar-refractivity contribution in [2.24, 2.45) is 0 Å². The van der Waals surface area contributed by atoms with Gasteiger partial charge in [-0.15, -0.1) is 11.3 Å². The van der Waals surface area contributed by atoms with Gasteiger partial charge in [-0.1, -0.05) is 5.16 Å². The Labute approximate surface area is 131 Å². The van der Waals surface area contributed by atoms with Gasteiger partial charge >= 0.3 is 0 Å². The highest BCUT2D eigenvalue weighted by Gasteiger charge is 2.29.